The lowest BCUT2D eigenvalue weighted by molar-refractivity contribution is 0.101. The molecule has 0 spiro atoms. The second kappa shape index (κ2) is 8.59. The Morgan fingerprint density at radius 2 is 1.07 bits per heavy atom. The minimum atomic E-state index is -0.256. The van der Waals surface area contributed by atoms with E-state index in [9.17, 15) is 9.59 Å². The van der Waals surface area contributed by atoms with Gasteiger partial charge in [-0.1, -0.05) is 11.6 Å². The average Bonchev–Trinajstić information content (AvgIpc) is 2.70. The molecule has 0 aliphatic rings. The number of amides is 2. The number of anilines is 3. The number of nitrogens with zero attached hydrogens (tertiary/aromatic N) is 1. The van der Waals surface area contributed by atoms with Gasteiger partial charge in [-0.25, -0.2) is 0 Å². The fourth-order valence-corrected chi connectivity index (χ4v) is 2.68. The Kier molecular flexibility index (Phi) is 5.96. The van der Waals surface area contributed by atoms with E-state index in [2.05, 4.69) is 10.6 Å². The molecule has 0 heterocycles. The van der Waals surface area contributed by atoms with Gasteiger partial charge >= 0.3 is 0 Å². The maximum atomic E-state index is 12.4. The maximum absolute atomic E-state index is 12.4. The quantitative estimate of drug-likeness (QED) is 0.647. The van der Waals surface area contributed by atoms with E-state index in [0.29, 0.717) is 27.5 Å². The molecule has 28 heavy (non-hydrogen) atoms. The SMILES string of the molecule is CN(C)c1ccc(NC(=O)c2ccc(C(=O)Nc3ccc(Cl)cc3)cc2)cc1. The third kappa shape index (κ3) is 4.90. The van der Waals surface area contributed by atoms with Crippen molar-refractivity contribution < 1.29 is 9.59 Å². The molecular weight excluding hydrogens is 374 g/mol. The molecule has 3 aromatic carbocycles. The number of hydrogen-bond donors (Lipinski definition) is 2. The van der Waals surface area contributed by atoms with Crippen molar-refractivity contribution in [2.45, 2.75) is 0 Å². The Labute approximate surface area is 168 Å². The van der Waals surface area contributed by atoms with Crippen LogP contribution in [0.4, 0.5) is 17.1 Å². The van der Waals surface area contributed by atoms with Crippen LogP contribution in [0.3, 0.4) is 0 Å². The first kappa shape index (κ1) is 19.5. The molecular formula is C22H20ClN3O2. The first-order valence-corrected chi connectivity index (χ1v) is 9.06. The van der Waals surface area contributed by atoms with E-state index in [0.717, 1.165) is 5.69 Å². The maximum Gasteiger partial charge on any atom is 0.255 e. The summed E-state index contributed by atoms with van der Waals surface area (Å²) in [5.74, 6) is -0.490. The lowest BCUT2D eigenvalue weighted by atomic mass is 10.1. The van der Waals surface area contributed by atoms with E-state index in [1.165, 1.54) is 0 Å². The Morgan fingerprint density at radius 1 is 0.679 bits per heavy atom. The van der Waals surface area contributed by atoms with Crippen LogP contribution in [0.25, 0.3) is 0 Å². The van der Waals surface area contributed by atoms with Crippen LogP contribution in [0.15, 0.2) is 72.8 Å². The fourth-order valence-electron chi connectivity index (χ4n) is 2.56. The number of benzene rings is 3. The minimum absolute atomic E-state index is 0.234. The summed E-state index contributed by atoms with van der Waals surface area (Å²) in [7, 11) is 3.91. The van der Waals surface area contributed by atoms with Crippen molar-refractivity contribution in [3.05, 3.63) is 88.9 Å². The summed E-state index contributed by atoms with van der Waals surface area (Å²) < 4.78 is 0. The highest BCUT2D eigenvalue weighted by atomic mass is 35.5. The van der Waals surface area contributed by atoms with Crippen molar-refractivity contribution in [1.82, 2.24) is 0 Å². The van der Waals surface area contributed by atoms with E-state index in [1.807, 2.05) is 43.3 Å². The molecule has 0 atom stereocenters. The molecule has 3 aromatic rings. The number of nitrogens with one attached hydrogen (secondary N) is 2. The van der Waals surface area contributed by atoms with Crippen molar-refractivity contribution in [2.75, 3.05) is 29.6 Å². The molecule has 0 fully saturated rings. The molecule has 0 bridgehead atoms. The van der Waals surface area contributed by atoms with Gasteiger partial charge in [0.05, 0.1) is 0 Å². The summed E-state index contributed by atoms with van der Waals surface area (Å²) in [6.45, 7) is 0. The molecule has 0 radical (unpaired) electrons. The molecule has 0 aliphatic carbocycles. The standard InChI is InChI=1S/C22H20ClN3O2/c1-26(2)20-13-11-19(12-14-20)25-22(28)16-5-3-15(4-6-16)21(27)24-18-9-7-17(23)8-10-18/h3-14H,1-2H3,(H,24,27)(H,25,28). The van der Waals surface area contributed by atoms with Crippen LogP contribution >= 0.6 is 11.6 Å². The molecule has 0 saturated carbocycles. The van der Waals surface area contributed by atoms with Crippen LogP contribution in [0.2, 0.25) is 5.02 Å². The zero-order valence-corrected chi connectivity index (χ0v) is 16.3. The van der Waals surface area contributed by atoms with E-state index in [4.69, 9.17) is 11.6 Å². The Morgan fingerprint density at radius 3 is 1.46 bits per heavy atom. The van der Waals surface area contributed by atoms with Crippen LogP contribution in [0.5, 0.6) is 0 Å². The largest absolute Gasteiger partial charge is 0.378 e. The number of hydrogen-bond acceptors (Lipinski definition) is 3. The van der Waals surface area contributed by atoms with Gasteiger partial charge in [0, 0.05) is 47.3 Å². The summed E-state index contributed by atoms with van der Waals surface area (Å²) in [5.41, 5.74) is 3.34. The summed E-state index contributed by atoms with van der Waals surface area (Å²) in [6, 6.07) is 20.9. The van der Waals surface area contributed by atoms with Crippen LogP contribution in [-0.4, -0.2) is 25.9 Å². The number of rotatable bonds is 5. The van der Waals surface area contributed by atoms with Gasteiger partial charge in [-0.05, 0) is 72.8 Å². The van der Waals surface area contributed by atoms with Gasteiger partial charge in [0.15, 0.2) is 0 Å². The fraction of sp³-hybridized carbons (Fsp3) is 0.0909. The van der Waals surface area contributed by atoms with E-state index in [-0.39, 0.29) is 11.8 Å². The summed E-state index contributed by atoms with van der Waals surface area (Å²) >= 11 is 5.84. The van der Waals surface area contributed by atoms with Gasteiger partial charge in [-0.15, -0.1) is 0 Å². The number of halogens is 1. The van der Waals surface area contributed by atoms with Gasteiger partial charge in [-0.2, -0.15) is 0 Å². The highest BCUT2D eigenvalue weighted by Gasteiger charge is 2.10. The molecule has 142 valence electrons. The molecule has 2 amide bonds. The zero-order chi connectivity index (χ0) is 20.1. The summed E-state index contributed by atoms with van der Waals surface area (Å²) in [4.78, 5) is 26.7. The van der Waals surface area contributed by atoms with E-state index >= 15 is 0 Å². The first-order chi connectivity index (χ1) is 13.4. The van der Waals surface area contributed by atoms with Crippen LogP contribution in [0, 0.1) is 0 Å². The second-order valence-electron chi connectivity index (χ2n) is 6.43. The highest BCUT2D eigenvalue weighted by Crippen LogP contribution is 2.17. The van der Waals surface area contributed by atoms with Gasteiger partial charge in [0.2, 0.25) is 0 Å². The predicted octanol–water partition coefficient (Wildman–Crippen LogP) is 4.91. The van der Waals surface area contributed by atoms with Gasteiger partial charge in [0.1, 0.15) is 0 Å². The predicted molar refractivity (Wildman–Crippen MR) is 115 cm³/mol. The monoisotopic (exact) mass is 393 g/mol. The molecule has 2 N–H and O–H groups in total. The molecule has 6 heteroatoms. The van der Waals surface area contributed by atoms with E-state index in [1.54, 1.807) is 48.5 Å². The molecule has 0 aromatic heterocycles. The Bertz CT molecular complexity index is 966. The zero-order valence-electron chi connectivity index (χ0n) is 15.6. The van der Waals surface area contributed by atoms with Crippen molar-refractivity contribution in [2.24, 2.45) is 0 Å². The van der Waals surface area contributed by atoms with Crippen LogP contribution in [0.1, 0.15) is 20.7 Å². The van der Waals surface area contributed by atoms with E-state index < -0.39 is 0 Å². The summed E-state index contributed by atoms with van der Waals surface area (Å²) in [6.07, 6.45) is 0. The normalized spacial score (nSPS) is 10.2. The van der Waals surface area contributed by atoms with Crippen molar-refractivity contribution >= 4 is 40.5 Å². The van der Waals surface area contributed by atoms with Gasteiger partial charge < -0.3 is 15.5 Å². The third-order valence-corrected chi connectivity index (χ3v) is 4.40. The molecule has 5 nitrogen and oxygen atoms in total. The average molecular weight is 394 g/mol. The lowest BCUT2D eigenvalue weighted by Crippen LogP contribution is -2.14. The van der Waals surface area contributed by atoms with Crippen molar-refractivity contribution in [3.63, 3.8) is 0 Å². The molecule has 0 saturated heterocycles. The topological polar surface area (TPSA) is 61.4 Å². The molecule has 0 unspecified atom stereocenters. The highest BCUT2D eigenvalue weighted by molar-refractivity contribution is 6.30. The number of carbonyl (C=O) groups excluding carboxylic acids is 2. The molecule has 3 rings (SSSR count). The minimum Gasteiger partial charge on any atom is -0.378 e. The smallest absolute Gasteiger partial charge is 0.255 e. The van der Waals surface area contributed by atoms with Crippen molar-refractivity contribution in [3.8, 4) is 0 Å². The van der Waals surface area contributed by atoms with Gasteiger partial charge in [-0.3, -0.25) is 9.59 Å². The Balaban J connectivity index is 1.63. The summed E-state index contributed by atoms with van der Waals surface area (Å²) in [5, 5.41) is 6.24. The number of carbonyl (C=O) groups is 2. The van der Waals surface area contributed by atoms with Crippen molar-refractivity contribution in [1.29, 1.82) is 0 Å². The van der Waals surface area contributed by atoms with Crippen LogP contribution in [-0.2, 0) is 0 Å². The molecule has 0 aliphatic heterocycles. The van der Waals surface area contributed by atoms with Gasteiger partial charge in [0.25, 0.3) is 11.8 Å². The lowest BCUT2D eigenvalue weighted by Gasteiger charge is -2.13. The third-order valence-electron chi connectivity index (χ3n) is 4.15. The Hall–Kier alpha value is -3.31. The first-order valence-electron chi connectivity index (χ1n) is 8.68. The van der Waals surface area contributed by atoms with Crippen LogP contribution < -0.4 is 15.5 Å². The second-order valence-corrected chi connectivity index (χ2v) is 6.87.